The summed E-state index contributed by atoms with van der Waals surface area (Å²) in [7, 11) is 0. The molecule has 0 bridgehead atoms. The van der Waals surface area contributed by atoms with E-state index in [2.05, 4.69) is 0 Å². The van der Waals surface area contributed by atoms with E-state index in [-0.39, 0.29) is 45.1 Å². The van der Waals surface area contributed by atoms with Gasteiger partial charge in [-0.1, -0.05) is 18.2 Å². The first-order valence-electron chi connectivity index (χ1n) is 2.10. The number of benzene rings is 1. The molecule has 3 heteroatoms. The van der Waals surface area contributed by atoms with Crippen molar-refractivity contribution in [3.8, 4) is 0 Å². The quantitative estimate of drug-likeness (QED) is 0.459. The summed E-state index contributed by atoms with van der Waals surface area (Å²) in [6.45, 7) is 0. The van der Waals surface area contributed by atoms with Crippen molar-refractivity contribution in [2.45, 2.75) is 0 Å². The molecule has 0 aliphatic carbocycles. The van der Waals surface area contributed by atoms with Crippen LogP contribution in [0.5, 0.6) is 0 Å². The van der Waals surface area contributed by atoms with Crippen LogP contribution in [0, 0.1) is 13.2 Å². The van der Waals surface area contributed by atoms with Gasteiger partial charge in [0.05, 0.1) is 0 Å². The predicted octanol–water partition coefficient (Wildman–Crippen LogP) is 2.70. The number of hydrogen-bond acceptors (Lipinski definition) is 0. The van der Waals surface area contributed by atoms with Gasteiger partial charge < -0.3 is 7.43 Å². The average molecular weight is 213 g/mol. The van der Waals surface area contributed by atoms with E-state index in [4.69, 9.17) is 0 Å². The molecule has 0 nitrogen and oxygen atoms in total. The van der Waals surface area contributed by atoms with Gasteiger partial charge >= 0.3 is 0 Å². The summed E-state index contributed by atoms with van der Waals surface area (Å²) in [6.07, 6.45) is 0. The van der Waals surface area contributed by atoms with E-state index in [0.29, 0.717) is 0 Å². The van der Waals surface area contributed by atoms with Crippen LogP contribution in [0.1, 0.15) is 0 Å². The summed E-state index contributed by atoms with van der Waals surface area (Å²) < 4.78 is 11.9. The van der Waals surface area contributed by atoms with E-state index in [1.54, 1.807) is 18.2 Å². The molecule has 54 valence electrons. The van der Waals surface area contributed by atoms with Gasteiger partial charge in [0.2, 0.25) is 0 Å². The van der Waals surface area contributed by atoms with Crippen LogP contribution in [-0.2, 0) is 19.5 Å². The van der Waals surface area contributed by atoms with Gasteiger partial charge in [0.15, 0.2) is 0 Å². The van der Waals surface area contributed by atoms with E-state index in [9.17, 15) is 4.39 Å². The van der Waals surface area contributed by atoms with Gasteiger partial charge in [0.25, 0.3) is 0 Å². The molecule has 10 heavy (non-hydrogen) atoms. The molecule has 1 rings (SSSR count). The fourth-order valence-electron chi connectivity index (χ4n) is 0.415. The number of hydrogen-bond donors (Lipinski definition) is 0. The maximum atomic E-state index is 11.9. The molecule has 0 aliphatic rings. The molecule has 0 heterocycles. The standard InChI is InChI=1S/C6H5F.CH3.ClH.Zn/c7-6-4-2-1-3-5-6;;;/h1-5H;1H3;1H;/q;-1;;. The molecule has 0 saturated carbocycles. The monoisotopic (exact) mass is 211 g/mol. The van der Waals surface area contributed by atoms with E-state index in [0.717, 1.165) is 0 Å². The second-order valence-electron chi connectivity index (χ2n) is 1.30. The van der Waals surface area contributed by atoms with Crippen molar-refractivity contribution in [1.29, 1.82) is 0 Å². The van der Waals surface area contributed by atoms with Gasteiger partial charge in [0, 0.05) is 19.5 Å². The first kappa shape index (κ1) is 16.6. The zero-order valence-electron chi connectivity index (χ0n) is 5.88. The smallest absolute Gasteiger partial charge is 0.123 e. The zero-order valence-corrected chi connectivity index (χ0v) is 9.66. The molecule has 0 saturated heterocycles. The van der Waals surface area contributed by atoms with Crippen LogP contribution in [0.4, 0.5) is 4.39 Å². The Balaban J connectivity index is -0.000000163. The maximum Gasteiger partial charge on any atom is 0.123 e. The van der Waals surface area contributed by atoms with Gasteiger partial charge in [-0.05, 0) is 12.1 Å². The van der Waals surface area contributed by atoms with Crippen LogP contribution in [0.2, 0.25) is 0 Å². The minimum atomic E-state index is -0.178. The predicted molar refractivity (Wildman–Crippen MR) is 40.1 cm³/mol. The Morgan fingerprint density at radius 3 is 1.60 bits per heavy atom. The minimum Gasteiger partial charge on any atom is -0.358 e. The van der Waals surface area contributed by atoms with Crippen LogP contribution in [-0.4, -0.2) is 0 Å². The second-order valence-corrected chi connectivity index (χ2v) is 1.30. The first-order valence-corrected chi connectivity index (χ1v) is 2.10. The van der Waals surface area contributed by atoms with Crippen LogP contribution < -0.4 is 0 Å². The Kier molecular flexibility index (Phi) is 15.0. The average Bonchev–Trinajstić information content (AvgIpc) is 1.69. The van der Waals surface area contributed by atoms with E-state index in [1.807, 2.05) is 0 Å². The molecule has 0 unspecified atom stereocenters. The van der Waals surface area contributed by atoms with Gasteiger partial charge in [-0.3, -0.25) is 0 Å². The van der Waals surface area contributed by atoms with Crippen LogP contribution in [0.15, 0.2) is 30.3 Å². The van der Waals surface area contributed by atoms with E-state index >= 15 is 0 Å². The fourth-order valence-corrected chi connectivity index (χ4v) is 0.415. The van der Waals surface area contributed by atoms with Crippen molar-refractivity contribution >= 4 is 12.4 Å². The molecule has 1 aromatic rings. The Hall–Kier alpha value is 0.0634. The first-order chi connectivity index (χ1) is 3.39. The molecular weight excluding hydrogens is 204 g/mol. The summed E-state index contributed by atoms with van der Waals surface area (Å²) in [5.74, 6) is -0.178. The molecule has 0 amide bonds. The normalized spacial score (nSPS) is 6.10. The topological polar surface area (TPSA) is 0 Å². The molecule has 0 aromatic heterocycles. The van der Waals surface area contributed by atoms with Crippen LogP contribution >= 0.6 is 12.4 Å². The summed E-state index contributed by atoms with van der Waals surface area (Å²) in [6, 6.07) is 7.94. The van der Waals surface area contributed by atoms with Gasteiger partial charge in [-0.25, -0.2) is 4.39 Å². The van der Waals surface area contributed by atoms with Gasteiger partial charge in [0.1, 0.15) is 5.82 Å². The second kappa shape index (κ2) is 9.06. The summed E-state index contributed by atoms with van der Waals surface area (Å²) in [4.78, 5) is 0. The Labute approximate surface area is 80.0 Å². The molecule has 0 radical (unpaired) electrons. The van der Waals surface area contributed by atoms with Gasteiger partial charge in [-0.15, -0.1) is 12.4 Å². The fraction of sp³-hybridized carbons (Fsp3) is 0. The third kappa shape index (κ3) is 6.19. The molecule has 0 atom stereocenters. The SMILES string of the molecule is Cl.Fc1ccccc1.[CH3-].[Zn]. The van der Waals surface area contributed by atoms with Crippen molar-refractivity contribution in [3.63, 3.8) is 0 Å². The molecule has 0 fully saturated rings. The minimum absolute atomic E-state index is 0. The van der Waals surface area contributed by atoms with Gasteiger partial charge in [-0.2, -0.15) is 0 Å². The third-order valence-corrected chi connectivity index (χ3v) is 0.733. The van der Waals surface area contributed by atoms with Crippen molar-refractivity contribution in [2.75, 3.05) is 0 Å². The number of rotatable bonds is 0. The van der Waals surface area contributed by atoms with Crippen molar-refractivity contribution in [2.24, 2.45) is 0 Å². The molecule has 0 aliphatic heterocycles. The van der Waals surface area contributed by atoms with Crippen LogP contribution in [0.3, 0.4) is 0 Å². The van der Waals surface area contributed by atoms with Crippen molar-refractivity contribution < 1.29 is 23.9 Å². The Morgan fingerprint density at radius 2 is 1.40 bits per heavy atom. The van der Waals surface area contributed by atoms with Crippen LogP contribution in [0.25, 0.3) is 0 Å². The summed E-state index contributed by atoms with van der Waals surface area (Å²) >= 11 is 0. The summed E-state index contributed by atoms with van der Waals surface area (Å²) in [5, 5.41) is 0. The third-order valence-electron chi connectivity index (χ3n) is 0.733. The summed E-state index contributed by atoms with van der Waals surface area (Å²) in [5.41, 5.74) is 0. The van der Waals surface area contributed by atoms with E-state index < -0.39 is 0 Å². The molecule has 0 N–H and O–H groups in total. The molecule has 1 aromatic carbocycles. The molecular formula is C7H9ClFZn-. The van der Waals surface area contributed by atoms with Crippen molar-refractivity contribution in [1.82, 2.24) is 0 Å². The Bertz CT molecular complexity index is 144. The number of halogens is 2. The van der Waals surface area contributed by atoms with Crippen molar-refractivity contribution in [3.05, 3.63) is 43.6 Å². The Morgan fingerprint density at radius 1 is 1.00 bits per heavy atom. The zero-order chi connectivity index (χ0) is 5.11. The largest absolute Gasteiger partial charge is 0.358 e. The van der Waals surface area contributed by atoms with E-state index in [1.165, 1.54) is 12.1 Å². The maximum absolute atomic E-state index is 11.9. The molecule has 0 spiro atoms.